The molecule has 20 heteroatoms. The van der Waals surface area contributed by atoms with Crippen molar-refractivity contribution in [1.82, 2.24) is 36.8 Å². The van der Waals surface area contributed by atoms with Crippen molar-refractivity contribution in [1.29, 1.82) is 0 Å². The first-order chi connectivity index (χ1) is 26.3. The second-order valence-electron chi connectivity index (χ2n) is 14.6. The van der Waals surface area contributed by atoms with Gasteiger partial charge in [-0.25, -0.2) is 0 Å². The number of aliphatic hydroxyl groups excluding tert-OH is 1. The van der Waals surface area contributed by atoms with Crippen molar-refractivity contribution in [3.8, 4) is 0 Å². The zero-order valence-corrected chi connectivity index (χ0v) is 34.5. The molecule has 0 aromatic heterocycles. The van der Waals surface area contributed by atoms with E-state index in [2.05, 4.69) is 31.9 Å². The molecule has 1 rings (SSSR count). The summed E-state index contributed by atoms with van der Waals surface area (Å²) in [5.41, 5.74) is 11.3. The smallest absolute Gasteiger partial charge is 0.325 e. The average molecular weight is 816 g/mol. The van der Waals surface area contributed by atoms with Crippen LogP contribution in [0, 0.1) is 11.8 Å². The molecule has 0 saturated carbocycles. The molecule has 0 aromatic rings. The number of carboxylic acids is 1. The Bertz CT molecular complexity index is 1350. The number of carbonyl (C=O) groups is 8. The molecule has 1 aliphatic rings. The molecule has 19 nitrogen and oxygen atoms in total. The van der Waals surface area contributed by atoms with Crippen LogP contribution in [-0.4, -0.2) is 142 Å². The molecular formula is C36H65N9O10S. The Morgan fingerprint density at radius 1 is 0.768 bits per heavy atom. The third-order valence-corrected chi connectivity index (χ3v) is 10.3. The number of likely N-dealkylation sites (tertiary alicyclic amines) is 1. The Hall–Kier alpha value is -4.01. The van der Waals surface area contributed by atoms with Gasteiger partial charge in [0.2, 0.25) is 41.4 Å². The van der Waals surface area contributed by atoms with E-state index in [1.54, 1.807) is 27.7 Å². The van der Waals surface area contributed by atoms with Gasteiger partial charge in [0.15, 0.2) is 0 Å². The minimum Gasteiger partial charge on any atom is -0.480 e. The molecule has 1 fully saturated rings. The lowest BCUT2D eigenvalue weighted by Gasteiger charge is -2.31. The number of aliphatic carboxylic acids is 1. The van der Waals surface area contributed by atoms with Gasteiger partial charge in [0.25, 0.3) is 0 Å². The van der Waals surface area contributed by atoms with E-state index in [0.29, 0.717) is 38.0 Å². The van der Waals surface area contributed by atoms with E-state index in [4.69, 9.17) is 11.5 Å². The number of nitrogens with one attached hydrogen (secondary N) is 6. The first-order valence-corrected chi connectivity index (χ1v) is 20.6. The van der Waals surface area contributed by atoms with Gasteiger partial charge in [-0.15, -0.1) is 0 Å². The highest BCUT2D eigenvalue weighted by Gasteiger charge is 2.40. The summed E-state index contributed by atoms with van der Waals surface area (Å²) in [6.45, 7) is 9.33. The molecular weight excluding hydrogens is 751 g/mol. The van der Waals surface area contributed by atoms with Gasteiger partial charge in [-0.3, -0.25) is 38.4 Å². The minimum atomic E-state index is -1.48. The molecule has 9 atom stereocenters. The topological polar surface area (TPSA) is 304 Å². The van der Waals surface area contributed by atoms with Gasteiger partial charge in [0.1, 0.15) is 42.3 Å². The number of rotatable bonds is 25. The lowest BCUT2D eigenvalue weighted by atomic mass is 9.97. The average Bonchev–Trinajstić information content (AvgIpc) is 3.65. The van der Waals surface area contributed by atoms with Crippen LogP contribution in [0.4, 0.5) is 0 Å². The van der Waals surface area contributed by atoms with E-state index in [-0.39, 0.29) is 25.8 Å². The zero-order valence-electron chi connectivity index (χ0n) is 33.7. The van der Waals surface area contributed by atoms with E-state index in [1.807, 2.05) is 6.26 Å². The Labute approximate surface area is 333 Å². The van der Waals surface area contributed by atoms with Gasteiger partial charge in [0.05, 0.1) is 12.6 Å². The molecule has 56 heavy (non-hydrogen) atoms. The number of hydrogen-bond acceptors (Lipinski definition) is 12. The van der Waals surface area contributed by atoms with Gasteiger partial charge >= 0.3 is 5.97 Å². The van der Waals surface area contributed by atoms with Crippen molar-refractivity contribution in [2.24, 2.45) is 23.3 Å². The number of carbonyl (C=O) groups excluding carboxylic acids is 7. The van der Waals surface area contributed by atoms with Crippen LogP contribution in [0.3, 0.4) is 0 Å². The number of aliphatic hydroxyl groups is 1. The summed E-state index contributed by atoms with van der Waals surface area (Å²) in [6, 6.07) is -8.98. The predicted octanol–water partition coefficient (Wildman–Crippen LogP) is -2.09. The van der Waals surface area contributed by atoms with Gasteiger partial charge < -0.3 is 58.5 Å². The summed E-state index contributed by atoms with van der Waals surface area (Å²) >= 11 is 1.42. The summed E-state index contributed by atoms with van der Waals surface area (Å²) in [4.78, 5) is 106. The number of nitrogens with two attached hydrogens (primary N) is 2. The third-order valence-electron chi connectivity index (χ3n) is 9.64. The fourth-order valence-electron chi connectivity index (χ4n) is 5.90. The maximum absolute atomic E-state index is 13.8. The monoisotopic (exact) mass is 815 g/mol. The summed E-state index contributed by atoms with van der Waals surface area (Å²) in [5, 5.41) is 35.0. The highest BCUT2D eigenvalue weighted by atomic mass is 32.2. The summed E-state index contributed by atoms with van der Waals surface area (Å²) in [7, 11) is 0. The summed E-state index contributed by atoms with van der Waals surface area (Å²) in [6.07, 6.45) is 4.45. The molecule has 7 amide bonds. The molecule has 320 valence electrons. The minimum absolute atomic E-state index is 0.123. The highest BCUT2D eigenvalue weighted by molar-refractivity contribution is 7.98. The van der Waals surface area contributed by atoms with Crippen molar-refractivity contribution in [3.63, 3.8) is 0 Å². The summed E-state index contributed by atoms with van der Waals surface area (Å²) in [5.74, 6) is -6.35. The number of carboxylic acid groups (broad SMARTS) is 1. The Morgan fingerprint density at radius 3 is 1.86 bits per heavy atom. The van der Waals surface area contributed by atoms with Crippen LogP contribution in [0.15, 0.2) is 0 Å². The molecule has 0 spiro atoms. The fourth-order valence-corrected chi connectivity index (χ4v) is 6.37. The molecule has 0 bridgehead atoms. The SMILES string of the molecule is CC[C@H](C)[C@H](NC(=O)[C@H](CCCCN)NC(=O)[C@H](C)N)C(=O)N[C@@H](CO)C(=O)N1CCC[C@H]1C(=O)N[C@@H](CCSC)C(=O)N[C@H](C(=O)N[C@@H](C)C(=O)O)C(C)C. The van der Waals surface area contributed by atoms with Crippen LogP contribution < -0.4 is 43.4 Å². The number of thioether (sulfide) groups is 1. The van der Waals surface area contributed by atoms with Gasteiger partial charge in [-0.2, -0.15) is 11.8 Å². The standard InChI is InChI=1S/C36H65N9O10S/c1-8-20(4)28(44-30(48)23(12-9-10-15-37)40-29(47)21(5)38)34(52)42-25(18-46)35(53)45-16-11-13-26(45)32(50)41-24(14-17-56-7)31(49)43-27(19(2)3)33(51)39-22(6)36(54)55/h19-28,46H,8-18,37-38H2,1-7H3,(H,39,51)(H,40,47)(H,41,50)(H,42,52)(H,43,49)(H,44,48)(H,54,55)/t20-,21-,22-,23-,24-,25-,26-,27-,28-/m0/s1. The van der Waals surface area contributed by atoms with E-state index < -0.39 is 114 Å². The first kappa shape index (κ1) is 50.0. The third kappa shape index (κ3) is 15.9. The van der Waals surface area contributed by atoms with E-state index in [9.17, 15) is 48.6 Å². The maximum atomic E-state index is 13.8. The Balaban J connectivity index is 3.18. The van der Waals surface area contributed by atoms with Crippen molar-refractivity contribution in [2.45, 2.75) is 135 Å². The van der Waals surface area contributed by atoms with Crippen molar-refractivity contribution in [3.05, 3.63) is 0 Å². The largest absolute Gasteiger partial charge is 0.480 e. The van der Waals surface area contributed by atoms with Crippen LogP contribution in [0.25, 0.3) is 0 Å². The van der Waals surface area contributed by atoms with Crippen molar-refractivity contribution >= 4 is 59.1 Å². The maximum Gasteiger partial charge on any atom is 0.325 e. The number of amides is 7. The molecule has 0 unspecified atom stereocenters. The van der Waals surface area contributed by atoms with Crippen LogP contribution in [0.2, 0.25) is 0 Å². The number of unbranched alkanes of at least 4 members (excludes halogenated alkanes) is 1. The van der Waals surface area contributed by atoms with Gasteiger partial charge in [0, 0.05) is 6.54 Å². The van der Waals surface area contributed by atoms with E-state index in [1.165, 1.54) is 30.5 Å². The second kappa shape index (κ2) is 25.3. The molecule has 0 aromatic carbocycles. The predicted molar refractivity (Wildman–Crippen MR) is 211 cm³/mol. The Morgan fingerprint density at radius 2 is 1.34 bits per heavy atom. The normalized spacial score (nSPS) is 18.3. The van der Waals surface area contributed by atoms with Gasteiger partial charge in [-0.1, -0.05) is 34.1 Å². The molecule has 1 aliphatic heterocycles. The quantitative estimate of drug-likeness (QED) is 0.0443. The first-order valence-electron chi connectivity index (χ1n) is 19.3. The van der Waals surface area contributed by atoms with Crippen LogP contribution in [0.1, 0.15) is 86.5 Å². The molecule has 0 radical (unpaired) electrons. The van der Waals surface area contributed by atoms with Crippen molar-refractivity contribution in [2.75, 3.05) is 31.7 Å². The van der Waals surface area contributed by atoms with Crippen LogP contribution >= 0.6 is 11.8 Å². The fraction of sp³-hybridized carbons (Fsp3) is 0.778. The summed E-state index contributed by atoms with van der Waals surface area (Å²) < 4.78 is 0. The molecule has 12 N–H and O–H groups in total. The second-order valence-corrected chi connectivity index (χ2v) is 15.6. The number of nitrogens with zero attached hydrogens (tertiary/aromatic N) is 1. The number of hydrogen-bond donors (Lipinski definition) is 10. The lowest BCUT2D eigenvalue weighted by molar-refractivity contribution is -0.143. The molecule has 1 heterocycles. The van der Waals surface area contributed by atoms with Crippen molar-refractivity contribution < 1.29 is 48.6 Å². The highest BCUT2D eigenvalue weighted by Crippen LogP contribution is 2.20. The van der Waals surface area contributed by atoms with E-state index >= 15 is 0 Å². The molecule has 1 saturated heterocycles. The zero-order chi connectivity index (χ0) is 42.7. The van der Waals surface area contributed by atoms with Crippen LogP contribution in [-0.2, 0) is 38.4 Å². The molecule has 0 aliphatic carbocycles. The van der Waals surface area contributed by atoms with E-state index in [0.717, 1.165) is 0 Å². The van der Waals surface area contributed by atoms with Gasteiger partial charge in [-0.05, 0) is 82.8 Å². The lowest BCUT2D eigenvalue weighted by Crippen LogP contribution is -2.61. The Kier molecular flexibility index (Phi) is 22.6. The van der Waals surface area contributed by atoms with Crippen LogP contribution in [0.5, 0.6) is 0 Å².